The zero-order chi connectivity index (χ0) is 10.1. The molecule has 0 radical (unpaired) electrons. The summed E-state index contributed by atoms with van der Waals surface area (Å²) in [6, 6.07) is 0. The van der Waals surface area contributed by atoms with Crippen LogP contribution in [0.4, 0.5) is 0 Å². The van der Waals surface area contributed by atoms with E-state index in [-0.39, 0.29) is 11.5 Å². The maximum atomic E-state index is 10.0. The summed E-state index contributed by atoms with van der Waals surface area (Å²) < 4.78 is 0. The second kappa shape index (κ2) is 3.83. The minimum absolute atomic E-state index is 0.0331. The zero-order valence-corrected chi connectivity index (χ0v) is 9.30. The quantitative estimate of drug-likeness (QED) is 0.618. The van der Waals surface area contributed by atoms with Gasteiger partial charge in [-0.05, 0) is 39.0 Å². The Morgan fingerprint density at radius 3 is 2.54 bits per heavy atom. The number of hydrogen-bond acceptors (Lipinski definition) is 1. The molecule has 0 saturated heterocycles. The van der Waals surface area contributed by atoms with Crippen molar-refractivity contribution in [2.24, 2.45) is 11.3 Å². The van der Waals surface area contributed by atoms with Crippen LogP contribution in [0.15, 0.2) is 11.6 Å². The van der Waals surface area contributed by atoms with Gasteiger partial charge in [0.1, 0.15) is 0 Å². The zero-order valence-electron chi connectivity index (χ0n) is 9.30. The second-order valence-corrected chi connectivity index (χ2v) is 5.12. The predicted octanol–water partition coefficient (Wildman–Crippen LogP) is 3.14. The molecule has 0 aromatic carbocycles. The third-order valence-electron chi connectivity index (χ3n) is 3.18. The summed E-state index contributed by atoms with van der Waals surface area (Å²) in [4.78, 5) is 0. The van der Waals surface area contributed by atoms with E-state index in [1.54, 1.807) is 0 Å². The molecule has 1 N–H and O–H groups in total. The fraction of sp³-hybridized carbons (Fsp3) is 0.833. The van der Waals surface area contributed by atoms with Crippen LogP contribution in [-0.4, -0.2) is 11.2 Å². The van der Waals surface area contributed by atoms with Crippen LogP contribution in [0.2, 0.25) is 0 Å². The molecule has 0 amide bonds. The lowest BCUT2D eigenvalue weighted by Crippen LogP contribution is -2.36. The summed E-state index contributed by atoms with van der Waals surface area (Å²) in [6.45, 7) is 8.62. The molecule has 1 heteroatoms. The van der Waals surface area contributed by atoms with Crippen molar-refractivity contribution < 1.29 is 5.11 Å². The fourth-order valence-corrected chi connectivity index (χ4v) is 2.32. The molecule has 3 atom stereocenters. The van der Waals surface area contributed by atoms with E-state index in [0.717, 1.165) is 12.8 Å². The Labute approximate surface area is 81.9 Å². The Morgan fingerprint density at radius 1 is 1.46 bits per heavy atom. The van der Waals surface area contributed by atoms with E-state index in [0.29, 0.717) is 5.92 Å². The van der Waals surface area contributed by atoms with E-state index in [9.17, 15) is 5.11 Å². The standard InChI is InChI=1S/C12H22O/c1-9(2)8-12(4)6-5-10(3)7-11(12)13/h8,10-11,13H,5-7H2,1-4H3. The summed E-state index contributed by atoms with van der Waals surface area (Å²) in [5.41, 5.74) is 1.35. The first-order chi connectivity index (χ1) is 5.94. The van der Waals surface area contributed by atoms with Crippen molar-refractivity contribution >= 4 is 0 Å². The van der Waals surface area contributed by atoms with Crippen LogP contribution in [0.1, 0.15) is 47.0 Å². The smallest absolute Gasteiger partial charge is 0.0630 e. The van der Waals surface area contributed by atoms with Crippen LogP contribution < -0.4 is 0 Å². The molecule has 0 bridgehead atoms. The lowest BCUT2D eigenvalue weighted by atomic mass is 9.69. The Balaban J connectivity index is 2.73. The van der Waals surface area contributed by atoms with Gasteiger partial charge in [0.2, 0.25) is 0 Å². The molecule has 0 aliphatic heterocycles. The number of rotatable bonds is 1. The number of hydrogen-bond donors (Lipinski definition) is 1. The largest absolute Gasteiger partial charge is 0.392 e. The highest BCUT2D eigenvalue weighted by molar-refractivity contribution is 5.08. The van der Waals surface area contributed by atoms with E-state index in [4.69, 9.17) is 0 Å². The first-order valence-corrected chi connectivity index (χ1v) is 5.28. The van der Waals surface area contributed by atoms with Gasteiger partial charge in [0.05, 0.1) is 6.10 Å². The third kappa shape index (κ3) is 2.57. The molecule has 0 aromatic heterocycles. The molecule has 1 aliphatic rings. The van der Waals surface area contributed by atoms with Gasteiger partial charge in [0.25, 0.3) is 0 Å². The SMILES string of the molecule is CC(C)=CC1(C)CCC(C)CC1O. The van der Waals surface area contributed by atoms with Gasteiger partial charge in [-0.25, -0.2) is 0 Å². The fourth-order valence-electron chi connectivity index (χ4n) is 2.32. The van der Waals surface area contributed by atoms with Crippen LogP contribution in [0.3, 0.4) is 0 Å². The minimum Gasteiger partial charge on any atom is -0.392 e. The topological polar surface area (TPSA) is 20.2 Å². The molecule has 0 spiro atoms. The highest BCUT2D eigenvalue weighted by atomic mass is 16.3. The monoisotopic (exact) mass is 182 g/mol. The molecule has 1 nitrogen and oxygen atoms in total. The molecule has 1 aliphatic carbocycles. The van der Waals surface area contributed by atoms with Crippen molar-refractivity contribution in [3.8, 4) is 0 Å². The van der Waals surface area contributed by atoms with Gasteiger partial charge >= 0.3 is 0 Å². The Bertz CT molecular complexity index is 203. The van der Waals surface area contributed by atoms with E-state index < -0.39 is 0 Å². The molecule has 1 saturated carbocycles. The van der Waals surface area contributed by atoms with Gasteiger partial charge in [-0.15, -0.1) is 0 Å². The third-order valence-corrected chi connectivity index (χ3v) is 3.18. The predicted molar refractivity (Wildman–Crippen MR) is 56.6 cm³/mol. The van der Waals surface area contributed by atoms with Crippen LogP contribution in [-0.2, 0) is 0 Å². The van der Waals surface area contributed by atoms with Crippen molar-refractivity contribution in [2.75, 3.05) is 0 Å². The summed E-state index contributed by atoms with van der Waals surface area (Å²) in [6.07, 6.45) is 5.42. The van der Waals surface area contributed by atoms with Gasteiger partial charge in [0, 0.05) is 5.41 Å². The normalized spacial score (nSPS) is 40.1. The number of allylic oxidation sites excluding steroid dienone is 1. The second-order valence-electron chi connectivity index (χ2n) is 5.12. The molecule has 3 unspecified atom stereocenters. The molecule has 76 valence electrons. The molecular weight excluding hydrogens is 160 g/mol. The summed E-state index contributed by atoms with van der Waals surface area (Å²) in [7, 11) is 0. The Morgan fingerprint density at radius 2 is 2.08 bits per heavy atom. The number of aliphatic hydroxyl groups is 1. The van der Waals surface area contributed by atoms with Crippen molar-refractivity contribution in [1.82, 2.24) is 0 Å². The van der Waals surface area contributed by atoms with E-state index >= 15 is 0 Å². The summed E-state index contributed by atoms with van der Waals surface area (Å²) in [5, 5.41) is 10.0. The van der Waals surface area contributed by atoms with Crippen molar-refractivity contribution in [2.45, 2.75) is 53.1 Å². The Kier molecular flexibility index (Phi) is 3.18. The van der Waals surface area contributed by atoms with Gasteiger partial charge in [-0.1, -0.05) is 25.5 Å². The molecule has 13 heavy (non-hydrogen) atoms. The van der Waals surface area contributed by atoms with Crippen molar-refractivity contribution in [3.05, 3.63) is 11.6 Å². The Hall–Kier alpha value is -0.300. The maximum absolute atomic E-state index is 10.0. The van der Waals surface area contributed by atoms with E-state index in [1.165, 1.54) is 12.0 Å². The average molecular weight is 182 g/mol. The van der Waals surface area contributed by atoms with Crippen molar-refractivity contribution in [1.29, 1.82) is 0 Å². The van der Waals surface area contributed by atoms with Gasteiger partial charge in [-0.3, -0.25) is 0 Å². The maximum Gasteiger partial charge on any atom is 0.0630 e. The molecule has 0 aromatic rings. The molecular formula is C12H22O. The highest BCUT2D eigenvalue weighted by Gasteiger charge is 2.35. The summed E-state index contributed by atoms with van der Waals surface area (Å²) in [5.74, 6) is 0.689. The average Bonchev–Trinajstić information content (AvgIpc) is 1.97. The van der Waals surface area contributed by atoms with Crippen LogP contribution >= 0.6 is 0 Å². The first kappa shape index (κ1) is 10.8. The van der Waals surface area contributed by atoms with Crippen LogP contribution in [0.5, 0.6) is 0 Å². The summed E-state index contributed by atoms with van der Waals surface area (Å²) >= 11 is 0. The lowest BCUT2D eigenvalue weighted by molar-refractivity contribution is 0.0131. The van der Waals surface area contributed by atoms with E-state index in [1.807, 2.05) is 0 Å². The highest BCUT2D eigenvalue weighted by Crippen LogP contribution is 2.40. The van der Waals surface area contributed by atoms with Crippen molar-refractivity contribution in [3.63, 3.8) is 0 Å². The molecule has 1 fully saturated rings. The minimum atomic E-state index is -0.147. The van der Waals surface area contributed by atoms with Crippen LogP contribution in [0.25, 0.3) is 0 Å². The lowest BCUT2D eigenvalue weighted by Gasteiger charge is -2.39. The van der Waals surface area contributed by atoms with Gasteiger partial charge in [0.15, 0.2) is 0 Å². The first-order valence-electron chi connectivity index (χ1n) is 5.28. The molecule has 0 heterocycles. The van der Waals surface area contributed by atoms with Gasteiger partial charge < -0.3 is 5.11 Å². The van der Waals surface area contributed by atoms with Crippen LogP contribution in [0, 0.1) is 11.3 Å². The number of aliphatic hydroxyl groups excluding tert-OH is 1. The van der Waals surface area contributed by atoms with E-state index in [2.05, 4.69) is 33.8 Å². The van der Waals surface area contributed by atoms with Gasteiger partial charge in [-0.2, -0.15) is 0 Å². The molecule has 1 rings (SSSR count).